The molecule has 0 fully saturated rings. The number of nitrogens with zero attached hydrogens (tertiary/aromatic N) is 1. The van der Waals surface area contributed by atoms with Crippen molar-refractivity contribution in [2.45, 2.75) is 19.7 Å². The molecule has 0 spiro atoms. The Bertz CT molecular complexity index is 1410. The number of carbonyl (C=O) groups excluding carboxylic acids is 1. The van der Waals surface area contributed by atoms with Crippen LogP contribution in [0.4, 0.5) is 18.9 Å². The third-order valence-corrected chi connectivity index (χ3v) is 5.84. The first-order valence-electron chi connectivity index (χ1n) is 11.0. The lowest BCUT2D eigenvalue weighted by molar-refractivity contribution is -0.137. The Kier molecular flexibility index (Phi) is 9.35. The Labute approximate surface area is 229 Å². The summed E-state index contributed by atoms with van der Waals surface area (Å²) in [6.07, 6.45) is -3.28. The van der Waals surface area contributed by atoms with Crippen LogP contribution in [0, 0.1) is 14.9 Å². The van der Waals surface area contributed by atoms with E-state index in [2.05, 4.69) is 5.32 Å². The number of halogens is 4. The molecule has 3 aromatic rings. The van der Waals surface area contributed by atoms with Crippen molar-refractivity contribution in [3.05, 3.63) is 92.1 Å². The smallest absolute Gasteiger partial charge is 0.416 e. The Morgan fingerprint density at radius 1 is 1.11 bits per heavy atom. The van der Waals surface area contributed by atoms with Gasteiger partial charge in [0.1, 0.15) is 18.2 Å². The predicted octanol–water partition coefficient (Wildman–Crippen LogP) is 6.53. The Morgan fingerprint density at radius 3 is 2.42 bits per heavy atom. The molecule has 0 bridgehead atoms. The normalized spacial score (nSPS) is 11.4. The molecule has 0 aromatic heterocycles. The lowest BCUT2D eigenvalue weighted by Gasteiger charge is -2.15. The van der Waals surface area contributed by atoms with Crippen LogP contribution in [0.2, 0.25) is 0 Å². The number of ether oxygens (including phenoxy) is 2. The molecule has 3 rings (SSSR count). The first-order chi connectivity index (χ1) is 18.0. The van der Waals surface area contributed by atoms with Crippen LogP contribution in [0.25, 0.3) is 6.08 Å². The van der Waals surface area contributed by atoms with E-state index < -0.39 is 23.6 Å². The van der Waals surface area contributed by atoms with Crippen LogP contribution in [0.1, 0.15) is 34.0 Å². The zero-order chi connectivity index (χ0) is 27.9. The highest BCUT2D eigenvalue weighted by Crippen LogP contribution is 2.36. The summed E-state index contributed by atoms with van der Waals surface area (Å²) in [5.74, 6) is -1.14. The monoisotopic (exact) mass is 636 g/mol. The van der Waals surface area contributed by atoms with Gasteiger partial charge >= 0.3 is 12.1 Å². The second-order valence-electron chi connectivity index (χ2n) is 7.76. The van der Waals surface area contributed by atoms with Crippen molar-refractivity contribution >= 4 is 46.2 Å². The number of amides is 1. The Morgan fingerprint density at radius 2 is 1.82 bits per heavy atom. The number of nitrogens with one attached hydrogen (secondary N) is 1. The standard InChI is InChI=1S/C27H20F3IN2O5/c1-2-37-23-12-17(11-22(31)24(23)38-15-16-6-8-18(9-7-16)26(35)36)10-19(14-32)25(34)33-21-5-3-4-20(13-21)27(28,29)30/h3-13H,2,15H2,1H3,(H,33,34)(H,35,36)/b19-10+. The fraction of sp³-hybridized carbons (Fsp3) is 0.148. The van der Waals surface area contributed by atoms with Crippen LogP contribution in [-0.2, 0) is 17.6 Å². The summed E-state index contributed by atoms with van der Waals surface area (Å²) in [4.78, 5) is 23.6. The summed E-state index contributed by atoms with van der Waals surface area (Å²) in [6.45, 7) is 2.20. The number of carboxylic acids is 1. The van der Waals surface area contributed by atoms with Crippen LogP contribution in [-0.4, -0.2) is 23.6 Å². The number of anilines is 1. The Hall–Kier alpha value is -4.05. The van der Waals surface area contributed by atoms with Gasteiger partial charge in [0, 0.05) is 5.69 Å². The van der Waals surface area contributed by atoms with E-state index in [1.165, 1.54) is 24.3 Å². The molecule has 0 radical (unpaired) electrons. The first-order valence-corrected chi connectivity index (χ1v) is 12.1. The van der Waals surface area contributed by atoms with Crippen LogP contribution < -0.4 is 14.8 Å². The molecule has 196 valence electrons. The minimum atomic E-state index is -4.58. The summed E-state index contributed by atoms with van der Waals surface area (Å²) in [5.41, 5.74) is -0.0347. The van der Waals surface area contributed by atoms with E-state index in [-0.39, 0.29) is 23.4 Å². The topological polar surface area (TPSA) is 109 Å². The molecular weight excluding hydrogens is 616 g/mol. The molecule has 7 nitrogen and oxygen atoms in total. The molecule has 1 amide bonds. The highest BCUT2D eigenvalue weighted by atomic mass is 127. The summed E-state index contributed by atoms with van der Waals surface area (Å²) in [6, 6.07) is 15.3. The van der Waals surface area contributed by atoms with Crippen molar-refractivity contribution in [2.24, 2.45) is 0 Å². The quantitative estimate of drug-likeness (QED) is 0.157. The number of hydrogen-bond donors (Lipinski definition) is 2. The predicted molar refractivity (Wildman–Crippen MR) is 142 cm³/mol. The minimum absolute atomic E-state index is 0.101. The fourth-order valence-corrected chi connectivity index (χ4v) is 4.04. The molecule has 0 aliphatic rings. The third-order valence-electron chi connectivity index (χ3n) is 5.04. The molecule has 38 heavy (non-hydrogen) atoms. The summed E-state index contributed by atoms with van der Waals surface area (Å²) in [5, 5.41) is 20.9. The molecule has 2 N–H and O–H groups in total. The molecule has 0 heterocycles. The van der Waals surface area contributed by atoms with Gasteiger partial charge in [-0.2, -0.15) is 18.4 Å². The van der Waals surface area contributed by atoms with Crippen molar-refractivity contribution in [3.63, 3.8) is 0 Å². The Balaban J connectivity index is 1.82. The van der Waals surface area contributed by atoms with E-state index in [1.54, 1.807) is 37.3 Å². The maximum absolute atomic E-state index is 13.0. The molecule has 0 atom stereocenters. The van der Waals surface area contributed by atoms with Crippen molar-refractivity contribution in [1.82, 2.24) is 0 Å². The van der Waals surface area contributed by atoms with Crippen molar-refractivity contribution in [2.75, 3.05) is 11.9 Å². The highest BCUT2D eigenvalue weighted by molar-refractivity contribution is 14.1. The average Bonchev–Trinajstić information content (AvgIpc) is 2.86. The molecule has 3 aromatic carbocycles. The van der Waals surface area contributed by atoms with E-state index in [9.17, 15) is 28.0 Å². The second-order valence-corrected chi connectivity index (χ2v) is 8.92. The van der Waals surface area contributed by atoms with Gasteiger partial charge in [0.25, 0.3) is 5.91 Å². The number of rotatable bonds is 9. The fourth-order valence-electron chi connectivity index (χ4n) is 3.26. The number of aromatic carboxylic acids is 1. The molecular formula is C27H20F3IN2O5. The van der Waals surface area contributed by atoms with Crippen LogP contribution in [0.15, 0.2) is 66.2 Å². The lowest BCUT2D eigenvalue weighted by Crippen LogP contribution is -2.14. The molecule has 0 aliphatic carbocycles. The SMILES string of the molecule is CCOc1cc(/C=C(\C#N)C(=O)Nc2cccc(C(F)(F)F)c2)cc(I)c1OCc1ccc(C(=O)O)cc1. The van der Waals surface area contributed by atoms with Gasteiger partial charge in [-0.25, -0.2) is 4.79 Å². The highest BCUT2D eigenvalue weighted by Gasteiger charge is 2.30. The number of carbonyl (C=O) groups is 2. The van der Waals surface area contributed by atoms with Crippen LogP contribution in [0.3, 0.4) is 0 Å². The van der Waals surface area contributed by atoms with Gasteiger partial charge < -0.3 is 19.9 Å². The number of hydrogen-bond acceptors (Lipinski definition) is 5. The van der Waals surface area contributed by atoms with Crippen LogP contribution in [0.5, 0.6) is 11.5 Å². The second kappa shape index (κ2) is 12.5. The zero-order valence-electron chi connectivity index (χ0n) is 19.8. The number of alkyl halides is 3. The van der Waals surface area contributed by atoms with Gasteiger partial charge in [0.05, 0.1) is 21.3 Å². The number of carboxylic acid groups (broad SMARTS) is 1. The molecule has 11 heteroatoms. The van der Waals surface area contributed by atoms with Gasteiger partial charge in [0.2, 0.25) is 0 Å². The van der Waals surface area contributed by atoms with Crippen molar-refractivity contribution in [3.8, 4) is 17.6 Å². The van der Waals surface area contributed by atoms with Crippen LogP contribution >= 0.6 is 22.6 Å². The van der Waals surface area contributed by atoms with Crippen molar-refractivity contribution < 1.29 is 37.3 Å². The molecule has 0 saturated carbocycles. The van der Waals surface area contributed by atoms with E-state index in [4.69, 9.17) is 14.6 Å². The first kappa shape index (κ1) is 28.5. The lowest BCUT2D eigenvalue weighted by atomic mass is 10.1. The molecule has 0 unspecified atom stereocenters. The molecule has 0 aliphatic heterocycles. The number of nitriles is 1. The van der Waals surface area contributed by atoms with E-state index in [0.717, 1.165) is 23.8 Å². The zero-order valence-corrected chi connectivity index (χ0v) is 22.0. The maximum atomic E-state index is 13.0. The minimum Gasteiger partial charge on any atom is -0.490 e. The van der Waals surface area contributed by atoms with Gasteiger partial charge in [-0.3, -0.25) is 4.79 Å². The summed E-state index contributed by atoms with van der Waals surface area (Å²) < 4.78 is 51.1. The third kappa shape index (κ3) is 7.48. The van der Waals surface area contributed by atoms with Gasteiger partial charge in [-0.1, -0.05) is 18.2 Å². The van der Waals surface area contributed by atoms with Gasteiger partial charge in [-0.05, 0) is 89.2 Å². The summed E-state index contributed by atoms with van der Waals surface area (Å²) in [7, 11) is 0. The largest absolute Gasteiger partial charge is 0.490 e. The van der Waals surface area contributed by atoms with E-state index in [1.807, 2.05) is 22.6 Å². The summed E-state index contributed by atoms with van der Waals surface area (Å²) >= 11 is 2.01. The van der Waals surface area contributed by atoms with Gasteiger partial charge in [0.15, 0.2) is 11.5 Å². The van der Waals surface area contributed by atoms with Gasteiger partial charge in [-0.15, -0.1) is 0 Å². The molecule has 0 saturated heterocycles. The van der Waals surface area contributed by atoms with Crippen molar-refractivity contribution in [1.29, 1.82) is 5.26 Å². The van der Waals surface area contributed by atoms with E-state index in [0.29, 0.717) is 27.2 Å². The average molecular weight is 636 g/mol. The maximum Gasteiger partial charge on any atom is 0.416 e. The number of benzene rings is 3. The van der Waals surface area contributed by atoms with E-state index >= 15 is 0 Å².